The van der Waals surface area contributed by atoms with Crippen molar-refractivity contribution in [3.63, 3.8) is 0 Å². The fourth-order valence-electron chi connectivity index (χ4n) is 8.18. The first-order chi connectivity index (χ1) is 26.1. The summed E-state index contributed by atoms with van der Waals surface area (Å²) in [7, 11) is 0. The van der Waals surface area contributed by atoms with Crippen LogP contribution in [0.15, 0.2) is 36.4 Å². The Balaban J connectivity index is 0.851. The number of imide groups is 2. The molecule has 2 atom stereocenters. The van der Waals surface area contributed by atoms with E-state index in [-0.39, 0.29) is 35.5 Å². The van der Waals surface area contributed by atoms with Crippen LogP contribution in [0, 0.1) is 11.7 Å². The van der Waals surface area contributed by atoms with Gasteiger partial charge in [0.2, 0.25) is 17.8 Å². The first-order valence-electron chi connectivity index (χ1n) is 18.6. The van der Waals surface area contributed by atoms with Crippen LogP contribution in [0.25, 0.3) is 0 Å². The Bertz CT molecular complexity index is 2020. The summed E-state index contributed by atoms with van der Waals surface area (Å²) in [6.45, 7) is 6.94. The number of benzene rings is 2. The highest BCUT2D eigenvalue weighted by Gasteiger charge is 2.45. The molecule has 6 heterocycles. The molecule has 54 heavy (non-hydrogen) atoms. The number of carbonyl (C=O) groups is 5. The van der Waals surface area contributed by atoms with E-state index < -0.39 is 41.4 Å². The molecule has 0 bridgehead atoms. The second-order valence-electron chi connectivity index (χ2n) is 14.6. The van der Waals surface area contributed by atoms with Gasteiger partial charge >= 0.3 is 0 Å². The molecule has 8 rings (SSSR count). The van der Waals surface area contributed by atoms with Gasteiger partial charge in [0.05, 0.1) is 16.8 Å². The zero-order chi connectivity index (χ0) is 37.5. The Morgan fingerprint density at radius 3 is 2.37 bits per heavy atom. The zero-order valence-electron chi connectivity index (χ0n) is 29.8. The molecule has 282 valence electrons. The average molecular weight is 740 g/mol. The van der Waals surface area contributed by atoms with Gasteiger partial charge in [-0.15, -0.1) is 10.2 Å². The molecule has 5 aliphatic rings. The highest BCUT2D eigenvalue weighted by atomic mass is 19.1. The molecule has 0 saturated carbocycles. The van der Waals surface area contributed by atoms with Gasteiger partial charge in [-0.3, -0.25) is 39.1 Å². The zero-order valence-corrected chi connectivity index (χ0v) is 29.8. The molecule has 2 aromatic carbocycles. The lowest BCUT2D eigenvalue weighted by Gasteiger charge is -2.37. The molecule has 17 heteroatoms. The van der Waals surface area contributed by atoms with Gasteiger partial charge in [0.15, 0.2) is 11.5 Å². The number of rotatable bonds is 9. The highest BCUT2D eigenvalue weighted by molar-refractivity contribution is 6.23. The number of hydrogen-bond acceptors (Lipinski definition) is 13. The maximum absolute atomic E-state index is 15.6. The molecule has 4 saturated heterocycles. The van der Waals surface area contributed by atoms with Crippen molar-refractivity contribution in [1.82, 2.24) is 30.3 Å². The van der Waals surface area contributed by atoms with E-state index in [0.29, 0.717) is 36.3 Å². The summed E-state index contributed by atoms with van der Waals surface area (Å²) in [6.07, 6.45) is 4.34. The topological polar surface area (TPSA) is 190 Å². The lowest BCUT2D eigenvalue weighted by atomic mass is 10.0. The van der Waals surface area contributed by atoms with Crippen molar-refractivity contribution in [2.24, 2.45) is 11.7 Å². The maximum Gasteiger partial charge on any atom is 0.273 e. The first kappa shape index (κ1) is 35.3. The third-order valence-electron chi connectivity index (χ3n) is 11.1. The van der Waals surface area contributed by atoms with Gasteiger partial charge in [0.1, 0.15) is 11.9 Å². The predicted molar refractivity (Wildman–Crippen MR) is 196 cm³/mol. The Labute approximate surface area is 310 Å². The van der Waals surface area contributed by atoms with Crippen molar-refractivity contribution in [2.45, 2.75) is 44.6 Å². The number of piperazine rings is 1. The number of nitrogens with two attached hydrogens (primary N) is 1. The van der Waals surface area contributed by atoms with Gasteiger partial charge in [0.25, 0.3) is 17.7 Å². The molecule has 2 unspecified atom stereocenters. The fourth-order valence-corrected chi connectivity index (χ4v) is 8.18. The van der Waals surface area contributed by atoms with E-state index in [9.17, 15) is 24.0 Å². The van der Waals surface area contributed by atoms with Crippen LogP contribution in [0.2, 0.25) is 0 Å². The molecule has 16 nitrogen and oxygen atoms in total. The number of anilines is 5. The molecule has 1 aromatic heterocycles. The smallest absolute Gasteiger partial charge is 0.273 e. The Hall–Kier alpha value is -5.71. The predicted octanol–water partition coefficient (Wildman–Crippen LogP) is 1.89. The van der Waals surface area contributed by atoms with Crippen molar-refractivity contribution in [3.05, 3.63) is 59.0 Å². The number of aromatic nitrogens is 3. The number of nitrogens with one attached hydrogen (secondary N) is 2. The van der Waals surface area contributed by atoms with Crippen LogP contribution in [-0.2, 0) is 9.59 Å². The molecule has 5 amide bonds. The number of piperidine rings is 2. The second-order valence-corrected chi connectivity index (χ2v) is 14.6. The van der Waals surface area contributed by atoms with E-state index in [1.54, 1.807) is 24.3 Å². The lowest BCUT2D eigenvalue weighted by molar-refractivity contribution is -0.136. The molecule has 4 fully saturated rings. The van der Waals surface area contributed by atoms with Crippen LogP contribution in [0.5, 0.6) is 0 Å². The number of primary amides is 1. The summed E-state index contributed by atoms with van der Waals surface area (Å²) in [4.78, 5) is 76.7. The molecule has 0 spiro atoms. The van der Waals surface area contributed by atoms with Crippen molar-refractivity contribution in [2.75, 3.05) is 78.9 Å². The number of nitrogens with zero attached hydrogens (tertiary/aromatic N) is 8. The Morgan fingerprint density at radius 1 is 0.852 bits per heavy atom. The van der Waals surface area contributed by atoms with Gasteiger partial charge < -0.3 is 25.8 Å². The summed E-state index contributed by atoms with van der Waals surface area (Å²) in [5.41, 5.74) is 7.74. The number of hydrogen-bond donors (Lipinski definition) is 3. The lowest BCUT2D eigenvalue weighted by Crippen LogP contribution is -2.54. The van der Waals surface area contributed by atoms with E-state index >= 15 is 4.39 Å². The van der Waals surface area contributed by atoms with Crippen molar-refractivity contribution in [3.8, 4) is 0 Å². The van der Waals surface area contributed by atoms with Crippen molar-refractivity contribution in [1.29, 1.82) is 0 Å². The minimum atomic E-state index is -0.994. The average Bonchev–Trinajstić information content (AvgIpc) is 3.73. The first-order valence-corrected chi connectivity index (χ1v) is 18.6. The van der Waals surface area contributed by atoms with Crippen LogP contribution in [-0.4, -0.2) is 119 Å². The Morgan fingerprint density at radius 2 is 1.63 bits per heavy atom. The summed E-state index contributed by atoms with van der Waals surface area (Å²) < 4.78 is 15.6. The van der Waals surface area contributed by atoms with Gasteiger partial charge in [0, 0.05) is 76.7 Å². The van der Waals surface area contributed by atoms with Gasteiger partial charge in [-0.05, 0) is 74.4 Å². The van der Waals surface area contributed by atoms with E-state index in [0.717, 1.165) is 82.1 Å². The van der Waals surface area contributed by atoms with Crippen molar-refractivity contribution >= 4 is 58.4 Å². The van der Waals surface area contributed by atoms with Crippen LogP contribution in [0.1, 0.15) is 69.7 Å². The van der Waals surface area contributed by atoms with Gasteiger partial charge in [-0.1, -0.05) is 0 Å². The van der Waals surface area contributed by atoms with Crippen LogP contribution in [0.4, 0.5) is 33.2 Å². The molecule has 3 aromatic rings. The van der Waals surface area contributed by atoms with Gasteiger partial charge in [-0.25, -0.2) is 4.39 Å². The molecule has 0 radical (unpaired) electrons. The fraction of sp³-hybridized carbons (Fsp3) is 0.459. The number of amides is 5. The van der Waals surface area contributed by atoms with E-state index in [1.807, 2.05) is 15.9 Å². The monoisotopic (exact) mass is 739 g/mol. The summed E-state index contributed by atoms with van der Waals surface area (Å²) >= 11 is 0. The van der Waals surface area contributed by atoms with Crippen molar-refractivity contribution < 1.29 is 28.4 Å². The largest absolute Gasteiger partial charge is 0.371 e. The molecular formula is C37H42FN11O5. The van der Waals surface area contributed by atoms with Crippen LogP contribution >= 0.6 is 0 Å². The second kappa shape index (κ2) is 14.6. The maximum atomic E-state index is 15.6. The Kier molecular flexibility index (Phi) is 9.56. The summed E-state index contributed by atoms with van der Waals surface area (Å²) in [5.74, 6) is -2.29. The number of carbonyl (C=O) groups excluding carboxylic acids is 5. The summed E-state index contributed by atoms with van der Waals surface area (Å²) in [6, 6.07) is 9.12. The highest BCUT2D eigenvalue weighted by Crippen LogP contribution is 2.33. The minimum absolute atomic E-state index is 0.0755. The standard InChI is InChI=1S/C37H42FN11O5/c38-27-18-23(40-33-31(32(39)51)43-44-37(42-33)47-11-2-1-3-12-47)4-7-28(27)46-16-14-45(15-17-46)20-22-10-13-48(21-22)24-5-6-25-26(19-24)36(54)49(35(25)53)29-8-9-30(50)41-34(29)52/h4-7,18-19,22,29H,1-3,8-17,20-21H2,(H2,39,51)(H,40,42,44)(H,41,50,52). The quantitative estimate of drug-likeness (QED) is 0.270. The SMILES string of the molecule is NC(=O)c1nnc(N2CCCCC2)nc1Nc1ccc(N2CCN(CC3CCN(c4ccc5c(c4)C(=O)N(C4CCC(=O)NC4=O)C5=O)C3)CC2)c(F)c1. The van der Waals surface area contributed by atoms with E-state index in [4.69, 9.17) is 5.73 Å². The third kappa shape index (κ3) is 6.90. The van der Waals surface area contributed by atoms with Gasteiger partial charge in [-0.2, -0.15) is 4.98 Å². The number of halogens is 1. The van der Waals surface area contributed by atoms with Crippen LogP contribution < -0.4 is 31.1 Å². The molecule has 4 N–H and O–H groups in total. The van der Waals surface area contributed by atoms with E-state index in [2.05, 4.69) is 35.6 Å². The summed E-state index contributed by atoms with van der Waals surface area (Å²) in [5, 5.41) is 13.4. The molecule has 5 aliphatic heterocycles. The minimum Gasteiger partial charge on any atom is -0.371 e. The van der Waals surface area contributed by atoms with E-state index in [1.165, 1.54) is 6.07 Å². The molecule has 0 aliphatic carbocycles. The molecular weight excluding hydrogens is 697 g/mol. The normalized spacial score (nSPS) is 22.2. The van der Waals surface area contributed by atoms with Crippen LogP contribution in [0.3, 0.4) is 0 Å². The number of fused-ring (bicyclic) bond motifs is 1. The third-order valence-corrected chi connectivity index (χ3v) is 11.1.